The van der Waals surface area contributed by atoms with Crippen LogP contribution in [-0.2, 0) is 0 Å². The summed E-state index contributed by atoms with van der Waals surface area (Å²) in [6.07, 6.45) is 0. The molecule has 0 aliphatic heterocycles. The van der Waals surface area contributed by atoms with Gasteiger partial charge in [-0.3, -0.25) is 18.7 Å². The summed E-state index contributed by atoms with van der Waals surface area (Å²) in [6.45, 7) is 0. The topological polar surface area (TPSA) is 70.3 Å². The second-order valence-corrected chi connectivity index (χ2v) is 11.2. The normalized spacial score (nSPS) is 12.3. The summed E-state index contributed by atoms with van der Waals surface area (Å²) in [7, 11) is 0. The number of fused-ring (bicyclic) bond motifs is 6. The van der Waals surface area contributed by atoms with Gasteiger partial charge in [0, 0.05) is 43.1 Å². The van der Waals surface area contributed by atoms with Gasteiger partial charge >= 0.3 is 0 Å². The van der Waals surface area contributed by atoms with Crippen molar-refractivity contribution in [1.82, 2.24) is 9.13 Å². The highest BCUT2D eigenvalue weighted by Gasteiger charge is 2.24. The van der Waals surface area contributed by atoms with Crippen molar-refractivity contribution < 1.29 is 8.83 Å². The fourth-order valence-corrected chi connectivity index (χ4v) is 7.09. The van der Waals surface area contributed by atoms with Crippen LogP contribution in [0.2, 0.25) is 0 Å². The molecule has 206 valence electrons. The van der Waals surface area contributed by atoms with E-state index < -0.39 is 0 Å². The molecule has 0 radical (unpaired) electrons. The van der Waals surface area contributed by atoms with Crippen LogP contribution in [0.5, 0.6) is 0 Å². The lowest BCUT2D eigenvalue weighted by Gasteiger charge is -2.19. The molecule has 0 fully saturated rings. The first-order chi connectivity index (χ1) is 21.7. The first kappa shape index (κ1) is 23.4. The SMILES string of the molecule is O=c1c2cccc3c(=O)n(-c4cccc5c4oc4ccccc45)c4cccc(c4c23)n1-c1cccc2c1oc1ccccc12. The van der Waals surface area contributed by atoms with Crippen molar-refractivity contribution in [2.45, 2.75) is 0 Å². The van der Waals surface area contributed by atoms with E-state index in [0.29, 0.717) is 49.7 Å². The molecule has 44 heavy (non-hydrogen) atoms. The monoisotopic (exact) mass is 568 g/mol. The van der Waals surface area contributed by atoms with Gasteiger partial charge in [-0.05, 0) is 48.5 Å². The highest BCUT2D eigenvalue weighted by atomic mass is 16.3. The summed E-state index contributed by atoms with van der Waals surface area (Å²) in [5, 5.41) is 6.28. The minimum Gasteiger partial charge on any atom is -0.454 e. The Morgan fingerprint density at radius 3 is 1.32 bits per heavy atom. The van der Waals surface area contributed by atoms with Crippen molar-refractivity contribution in [3.8, 4) is 11.4 Å². The van der Waals surface area contributed by atoms with Crippen molar-refractivity contribution in [2.75, 3.05) is 0 Å². The van der Waals surface area contributed by atoms with E-state index in [0.717, 1.165) is 38.1 Å². The van der Waals surface area contributed by atoms with E-state index in [9.17, 15) is 9.59 Å². The Morgan fingerprint density at radius 2 is 0.795 bits per heavy atom. The zero-order chi connectivity index (χ0) is 29.1. The summed E-state index contributed by atoms with van der Waals surface area (Å²) in [5.41, 5.74) is 5.04. The van der Waals surface area contributed by atoms with E-state index in [-0.39, 0.29) is 11.1 Å². The zero-order valence-corrected chi connectivity index (χ0v) is 23.1. The van der Waals surface area contributed by atoms with Crippen LogP contribution in [0.25, 0.3) is 87.8 Å². The molecule has 0 spiro atoms. The highest BCUT2D eigenvalue weighted by Crippen LogP contribution is 2.38. The molecule has 0 aliphatic rings. The summed E-state index contributed by atoms with van der Waals surface area (Å²) >= 11 is 0. The van der Waals surface area contributed by atoms with E-state index in [1.54, 1.807) is 27.3 Å². The number of nitrogens with zero attached hydrogens (tertiary/aromatic N) is 2. The molecule has 0 saturated carbocycles. The van der Waals surface area contributed by atoms with Gasteiger partial charge in [-0.25, -0.2) is 0 Å². The molecule has 4 heterocycles. The fourth-order valence-electron chi connectivity index (χ4n) is 7.09. The molecule has 0 saturated heterocycles. The molecular formula is C38H20N2O4. The molecule has 0 N–H and O–H groups in total. The predicted octanol–water partition coefficient (Wildman–Crippen LogP) is 8.68. The average Bonchev–Trinajstić information content (AvgIpc) is 3.64. The van der Waals surface area contributed by atoms with Gasteiger partial charge in [-0.2, -0.15) is 0 Å². The Hall–Kier alpha value is -6.14. The van der Waals surface area contributed by atoms with Crippen LogP contribution in [0.3, 0.4) is 0 Å². The third-order valence-electron chi connectivity index (χ3n) is 8.93. The van der Waals surface area contributed by atoms with Crippen molar-refractivity contribution in [3.05, 3.63) is 142 Å². The second-order valence-electron chi connectivity index (χ2n) is 11.2. The molecule has 6 aromatic carbocycles. The molecule has 6 nitrogen and oxygen atoms in total. The zero-order valence-electron chi connectivity index (χ0n) is 23.1. The fraction of sp³-hybridized carbons (Fsp3) is 0. The third-order valence-corrected chi connectivity index (χ3v) is 8.93. The number of benzene rings is 6. The highest BCUT2D eigenvalue weighted by molar-refractivity contribution is 6.22. The van der Waals surface area contributed by atoms with Crippen molar-refractivity contribution in [3.63, 3.8) is 0 Å². The maximum Gasteiger partial charge on any atom is 0.263 e. The summed E-state index contributed by atoms with van der Waals surface area (Å²) in [4.78, 5) is 28.8. The lowest BCUT2D eigenvalue weighted by atomic mass is 9.99. The van der Waals surface area contributed by atoms with Crippen LogP contribution in [0, 0.1) is 0 Å². The Balaban J connectivity index is 1.40. The third kappa shape index (κ3) is 2.84. The first-order valence-electron chi connectivity index (χ1n) is 14.4. The van der Waals surface area contributed by atoms with Gasteiger partial charge in [0.25, 0.3) is 11.1 Å². The molecule has 4 aromatic heterocycles. The summed E-state index contributed by atoms with van der Waals surface area (Å²) in [6, 6.07) is 38.7. The van der Waals surface area contributed by atoms with Gasteiger partial charge in [-0.1, -0.05) is 72.8 Å². The Kier molecular flexibility index (Phi) is 4.39. The molecule has 0 aliphatic carbocycles. The lowest BCUT2D eigenvalue weighted by Crippen LogP contribution is -2.24. The quantitative estimate of drug-likeness (QED) is 0.196. The van der Waals surface area contributed by atoms with E-state index in [1.807, 2.05) is 103 Å². The molecule has 6 heteroatoms. The van der Waals surface area contributed by atoms with Gasteiger partial charge in [0.05, 0.1) is 22.4 Å². The smallest absolute Gasteiger partial charge is 0.263 e. The van der Waals surface area contributed by atoms with Gasteiger partial charge in [0.15, 0.2) is 11.2 Å². The second kappa shape index (κ2) is 8.24. The van der Waals surface area contributed by atoms with E-state index in [4.69, 9.17) is 8.83 Å². The van der Waals surface area contributed by atoms with E-state index in [1.165, 1.54) is 0 Å². The average molecular weight is 569 g/mol. The van der Waals surface area contributed by atoms with E-state index >= 15 is 0 Å². The van der Waals surface area contributed by atoms with Crippen molar-refractivity contribution in [1.29, 1.82) is 0 Å². The van der Waals surface area contributed by atoms with Crippen molar-refractivity contribution >= 4 is 76.5 Å². The standard InChI is InChI=1S/C38H20N2O4/c41-37-25-13-5-14-26-33(25)34-27(39(37)29-17-6-11-23-21-9-1-3-19-31(21)43-35(23)29)15-8-16-28(34)40(38(26)42)30-18-7-12-24-22-10-2-4-20-32(22)44-36(24)30/h1-20H. The van der Waals surface area contributed by atoms with Gasteiger partial charge in [0.2, 0.25) is 0 Å². The van der Waals surface area contributed by atoms with Gasteiger partial charge < -0.3 is 8.83 Å². The van der Waals surface area contributed by atoms with E-state index in [2.05, 4.69) is 0 Å². The summed E-state index contributed by atoms with van der Waals surface area (Å²) < 4.78 is 16.2. The Labute approximate surface area is 247 Å². The number of rotatable bonds is 2. The molecule has 0 atom stereocenters. The molecule has 0 unspecified atom stereocenters. The largest absolute Gasteiger partial charge is 0.454 e. The number of aromatic nitrogens is 2. The minimum absolute atomic E-state index is 0.208. The van der Waals surface area contributed by atoms with Crippen LogP contribution in [-0.4, -0.2) is 9.13 Å². The predicted molar refractivity (Wildman–Crippen MR) is 176 cm³/mol. The van der Waals surface area contributed by atoms with Gasteiger partial charge in [-0.15, -0.1) is 0 Å². The first-order valence-corrected chi connectivity index (χ1v) is 14.4. The van der Waals surface area contributed by atoms with Crippen LogP contribution in [0.1, 0.15) is 0 Å². The van der Waals surface area contributed by atoms with Crippen LogP contribution >= 0.6 is 0 Å². The number of pyridine rings is 2. The Bertz CT molecular complexity index is 2750. The molecular weight excluding hydrogens is 548 g/mol. The molecule has 0 amide bonds. The number of para-hydroxylation sites is 4. The minimum atomic E-state index is -0.208. The Morgan fingerprint density at radius 1 is 0.386 bits per heavy atom. The van der Waals surface area contributed by atoms with Gasteiger partial charge in [0.1, 0.15) is 11.2 Å². The molecule has 0 bridgehead atoms. The van der Waals surface area contributed by atoms with Crippen molar-refractivity contribution in [2.24, 2.45) is 0 Å². The number of hydrogen-bond donors (Lipinski definition) is 0. The number of hydrogen-bond acceptors (Lipinski definition) is 4. The number of furan rings is 2. The summed E-state index contributed by atoms with van der Waals surface area (Å²) in [5.74, 6) is 0. The van der Waals surface area contributed by atoms with Crippen LogP contribution in [0.15, 0.2) is 140 Å². The van der Waals surface area contributed by atoms with Crippen LogP contribution < -0.4 is 11.1 Å². The molecule has 10 rings (SSSR count). The van der Waals surface area contributed by atoms with Crippen LogP contribution in [0.4, 0.5) is 0 Å². The maximum atomic E-state index is 14.4. The maximum absolute atomic E-state index is 14.4. The molecule has 10 aromatic rings. The lowest BCUT2D eigenvalue weighted by molar-refractivity contribution is 0.665.